The van der Waals surface area contributed by atoms with Crippen molar-refractivity contribution in [2.75, 3.05) is 7.11 Å². The number of allylic oxidation sites excluding steroid dienone is 5. The Bertz CT molecular complexity index is 615. The SMILES string of the molecule is COC(=O)/C(C)=C/CC/C(C)=C/CC/C(C)=C/Cc1occc1C. The summed E-state index contributed by atoms with van der Waals surface area (Å²) in [7, 11) is 1.41. The Morgan fingerprint density at radius 1 is 1.08 bits per heavy atom. The Balaban J connectivity index is 2.32. The van der Waals surface area contributed by atoms with Crippen molar-refractivity contribution in [3.8, 4) is 0 Å². The molecule has 0 radical (unpaired) electrons. The standard InChI is InChI=1S/C21H30O3/c1-16(10-7-11-19(4)21(22)23-5)8-6-9-17(2)12-13-20-18(3)14-15-24-20/h8,11-12,14-15H,6-7,9-10,13H2,1-5H3/b16-8+,17-12+,19-11+. The second-order valence-corrected chi connectivity index (χ2v) is 6.29. The molecule has 0 spiro atoms. The molecule has 132 valence electrons. The summed E-state index contributed by atoms with van der Waals surface area (Å²) in [6, 6.07) is 2.00. The van der Waals surface area contributed by atoms with Crippen molar-refractivity contribution in [2.24, 2.45) is 0 Å². The van der Waals surface area contributed by atoms with Crippen LogP contribution >= 0.6 is 0 Å². The van der Waals surface area contributed by atoms with Crippen molar-refractivity contribution in [3.05, 3.63) is 58.6 Å². The quantitative estimate of drug-likeness (QED) is 0.331. The van der Waals surface area contributed by atoms with Crippen molar-refractivity contribution in [2.45, 2.75) is 59.8 Å². The molecule has 0 saturated heterocycles. The van der Waals surface area contributed by atoms with Crippen LogP contribution in [0.4, 0.5) is 0 Å². The van der Waals surface area contributed by atoms with E-state index in [4.69, 9.17) is 4.42 Å². The monoisotopic (exact) mass is 330 g/mol. The zero-order valence-electron chi connectivity index (χ0n) is 15.6. The Kier molecular flexibility index (Phi) is 8.92. The molecule has 0 saturated carbocycles. The van der Waals surface area contributed by atoms with Gasteiger partial charge in [0.25, 0.3) is 0 Å². The molecular weight excluding hydrogens is 300 g/mol. The Morgan fingerprint density at radius 3 is 2.29 bits per heavy atom. The summed E-state index contributed by atoms with van der Waals surface area (Å²) in [4.78, 5) is 11.3. The summed E-state index contributed by atoms with van der Waals surface area (Å²) >= 11 is 0. The maximum Gasteiger partial charge on any atom is 0.333 e. The summed E-state index contributed by atoms with van der Waals surface area (Å²) < 4.78 is 10.1. The fourth-order valence-electron chi connectivity index (χ4n) is 2.39. The maximum atomic E-state index is 11.3. The molecule has 0 bridgehead atoms. The lowest BCUT2D eigenvalue weighted by Gasteiger charge is -2.02. The van der Waals surface area contributed by atoms with E-state index in [0.717, 1.165) is 37.9 Å². The third kappa shape index (κ3) is 7.49. The van der Waals surface area contributed by atoms with Crippen LogP contribution in [0, 0.1) is 6.92 Å². The van der Waals surface area contributed by atoms with Crippen molar-refractivity contribution in [1.82, 2.24) is 0 Å². The van der Waals surface area contributed by atoms with Gasteiger partial charge in [0.1, 0.15) is 5.76 Å². The highest BCUT2D eigenvalue weighted by Gasteiger charge is 2.02. The molecule has 0 unspecified atom stereocenters. The smallest absolute Gasteiger partial charge is 0.333 e. The fraction of sp³-hybridized carbons (Fsp3) is 0.476. The lowest BCUT2D eigenvalue weighted by molar-refractivity contribution is -0.136. The molecule has 3 heteroatoms. The van der Waals surface area contributed by atoms with Gasteiger partial charge in [-0.3, -0.25) is 0 Å². The highest BCUT2D eigenvalue weighted by molar-refractivity contribution is 5.87. The zero-order chi connectivity index (χ0) is 17.9. The first-order valence-electron chi connectivity index (χ1n) is 8.53. The van der Waals surface area contributed by atoms with Gasteiger partial charge in [-0.15, -0.1) is 0 Å². The molecule has 1 rings (SSSR count). The molecule has 1 heterocycles. The number of furan rings is 1. The van der Waals surface area contributed by atoms with Crippen molar-refractivity contribution < 1.29 is 13.9 Å². The van der Waals surface area contributed by atoms with Gasteiger partial charge in [-0.25, -0.2) is 4.79 Å². The van der Waals surface area contributed by atoms with Gasteiger partial charge < -0.3 is 9.15 Å². The lowest BCUT2D eigenvalue weighted by Crippen LogP contribution is -2.01. The molecular formula is C21H30O3. The molecule has 0 atom stereocenters. The number of hydrogen-bond acceptors (Lipinski definition) is 3. The van der Waals surface area contributed by atoms with E-state index in [0.29, 0.717) is 5.57 Å². The Morgan fingerprint density at radius 2 is 1.71 bits per heavy atom. The molecule has 0 aliphatic rings. The molecule has 24 heavy (non-hydrogen) atoms. The number of carbonyl (C=O) groups is 1. The summed E-state index contributed by atoms with van der Waals surface area (Å²) in [6.45, 7) is 8.18. The van der Waals surface area contributed by atoms with Gasteiger partial charge >= 0.3 is 5.97 Å². The average molecular weight is 330 g/mol. The minimum absolute atomic E-state index is 0.246. The normalized spacial score (nSPS) is 13.3. The highest BCUT2D eigenvalue weighted by atomic mass is 16.5. The van der Waals surface area contributed by atoms with Gasteiger partial charge in [0.15, 0.2) is 0 Å². The van der Waals surface area contributed by atoms with Crippen LogP contribution in [0.1, 0.15) is 57.8 Å². The predicted octanol–water partition coefficient (Wildman–Crippen LogP) is 5.70. The second-order valence-electron chi connectivity index (χ2n) is 6.29. The molecule has 0 amide bonds. The van der Waals surface area contributed by atoms with Crippen LogP contribution in [0.2, 0.25) is 0 Å². The Labute approximate surface area is 146 Å². The summed E-state index contributed by atoms with van der Waals surface area (Å²) in [5, 5.41) is 0. The molecule has 0 N–H and O–H groups in total. The van der Waals surface area contributed by atoms with Crippen LogP contribution in [0.3, 0.4) is 0 Å². The summed E-state index contributed by atoms with van der Waals surface area (Å²) in [5.41, 5.74) is 4.64. The minimum Gasteiger partial charge on any atom is -0.469 e. The van der Waals surface area contributed by atoms with E-state index >= 15 is 0 Å². The minimum atomic E-state index is -0.246. The first-order chi connectivity index (χ1) is 11.4. The van der Waals surface area contributed by atoms with Crippen LogP contribution in [0.5, 0.6) is 0 Å². The van der Waals surface area contributed by atoms with Gasteiger partial charge in [0.05, 0.1) is 13.4 Å². The molecule has 1 aromatic rings. The predicted molar refractivity (Wildman–Crippen MR) is 98.9 cm³/mol. The first-order valence-corrected chi connectivity index (χ1v) is 8.53. The highest BCUT2D eigenvalue weighted by Crippen LogP contribution is 2.14. The Hall–Kier alpha value is -2.03. The van der Waals surface area contributed by atoms with Crippen molar-refractivity contribution >= 4 is 5.97 Å². The van der Waals surface area contributed by atoms with Crippen molar-refractivity contribution in [1.29, 1.82) is 0 Å². The zero-order valence-corrected chi connectivity index (χ0v) is 15.6. The van der Waals surface area contributed by atoms with Gasteiger partial charge in [0.2, 0.25) is 0 Å². The van der Waals surface area contributed by atoms with E-state index in [9.17, 15) is 4.79 Å². The van der Waals surface area contributed by atoms with E-state index in [1.165, 1.54) is 23.8 Å². The number of hydrogen-bond donors (Lipinski definition) is 0. The number of methoxy groups -OCH3 is 1. The van der Waals surface area contributed by atoms with Crippen LogP contribution < -0.4 is 0 Å². The topological polar surface area (TPSA) is 39.4 Å². The number of rotatable bonds is 9. The van der Waals surface area contributed by atoms with Crippen LogP contribution in [0.15, 0.2) is 51.7 Å². The number of aryl methyl sites for hydroxylation is 1. The van der Waals surface area contributed by atoms with Crippen LogP contribution in [-0.2, 0) is 16.0 Å². The molecule has 3 nitrogen and oxygen atoms in total. The summed E-state index contributed by atoms with van der Waals surface area (Å²) in [5.74, 6) is 0.804. The second kappa shape index (κ2) is 10.7. The van der Waals surface area contributed by atoms with Gasteiger partial charge in [-0.1, -0.05) is 29.4 Å². The van der Waals surface area contributed by atoms with Gasteiger partial charge in [0, 0.05) is 12.0 Å². The lowest BCUT2D eigenvalue weighted by atomic mass is 10.1. The van der Waals surface area contributed by atoms with E-state index in [1.807, 2.05) is 12.1 Å². The molecule has 0 aliphatic carbocycles. The van der Waals surface area contributed by atoms with E-state index < -0.39 is 0 Å². The maximum absolute atomic E-state index is 11.3. The largest absolute Gasteiger partial charge is 0.469 e. The molecule has 0 aromatic carbocycles. The molecule has 0 fully saturated rings. The third-order valence-electron chi connectivity index (χ3n) is 4.13. The average Bonchev–Trinajstić information content (AvgIpc) is 2.97. The van der Waals surface area contributed by atoms with E-state index in [1.54, 1.807) is 13.2 Å². The van der Waals surface area contributed by atoms with Crippen molar-refractivity contribution in [3.63, 3.8) is 0 Å². The molecule has 0 aliphatic heterocycles. The fourth-order valence-corrected chi connectivity index (χ4v) is 2.39. The van der Waals surface area contributed by atoms with Gasteiger partial charge in [-0.2, -0.15) is 0 Å². The first kappa shape index (κ1) is 20.0. The van der Waals surface area contributed by atoms with E-state index in [-0.39, 0.29) is 5.97 Å². The molecule has 1 aromatic heterocycles. The van der Waals surface area contributed by atoms with Gasteiger partial charge in [-0.05, 0) is 65.0 Å². The van der Waals surface area contributed by atoms with Crippen LogP contribution in [0.25, 0.3) is 0 Å². The summed E-state index contributed by atoms with van der Waals surface area (Å²) in [6.07, 6.45) is 13.0. The number of ether oxygens (including phenoxy) is 1. The van der Waals surface area contributed by atoms with Crippen LogP contribution in [-0.4, -0.2) is 13.1 Å². The van der Waals surface area contributed by atoms with E-state index in [2.05, 4.69) is 37.7 Å². The third-order valence-corrected chi connectivity index (χ3v) is 4.13. The number of esters is 1. The number of carbonyl (C=O) groups excluding carboxylic acids is 1.